The average molecular weight is 469 g/mol. The molecule has 4 aromatic rings. The maximum Gasteiger partial charge on any atom is 0.413 e. The molecule has 1 aromatic heterocycles. The van der Waals surface area contributed by atoms with E-state index in [0.29, 0.717) is 12.3 Å². The van der Waals surface area contributed by atoms with Crippen molar-refractivity contribution in [2.24, 2.45) is 0 Å². The molecule has 1 aliphatic carbocycles. The topological polar surface area (TPSA) is 95.3 Å². The third-order valence-electron chi connectivity index (χ3n) is 6.17. The van der Waals surface area contributed by atoms with E-state index in [4.69, 9.17) is 9.47 Å². The summed E-state index contributed by atoms with van der Waals surface area (Å²) in [6.07, 6.45) is 2.19. The molecule has 1 fully saturated rings. The Balaban J connectivity index is 1.26. The molecule has 8 nitrogen and oxygen atoms in total. The van der Waals surface area contributed by atoms with Gasteiger partial charge in [0, 0.05) is 0 Å². The summed E-state index contributed by atoms with van der Waals surface area (Å²) < 4.78 is 12.3. The molecule has 1 saturated carbocycles. The number of ether oxygens (including phenoxy) is 2. The Hall–Kier alpha value is -4.46. The van der Waals surface area contributed by atoms with Crippen LogP contribution in [-0.2, 0) is 19.9 Å². The minimum absolute atomic E-state index is 0.397. The van der Waals surface area contributed by atoms with Crippen molar-refractivity contribution in [1.29, 1.82) is 0 Å². The van der Waals surface area contributed by atoms with Gasteiger partial charge in [-0.3, -0.25) is 10.1 Å². The van der Waals surface area contributed by atoms with Gasteiger partial charge < -0.3 is 9.47 Å². The summed E-state index contributed by atoms with van der Waals surface area (Å²) in [5, 5.41) is 10.7. The van der Waals surface area contributed by atoms with Gasteiger partial charge in [0.05, 0.1) is 11.9 Å². The van der Waals surface area contributed by atoms with E-state index in [2.05, 4.69) is 15.6 Å². The van der Waals surface area contributed by atoms with Crippen LogP contribution in [0.1, 0.15) is 37.0 Å². The third kappa shape index (κ3) is 4.77. The van der Waals surface area contributed by atoms with Crippen molar-refractivity contribution in [2.75, 3.05) is 5.32 Å². The molecule has 1 N–H and O–H groups in total. The van der Waals surface area contributed by atoms with E-state index in [0.717, 1.165) is 40.8 Å². The quantitative estimate of drug-likeness (QED) is 0.348. The summed E-state index contributed by atoms with van der Waals surface area (Å²) >= 11 is 0. The summed E-state index contributed by atoms with van der Waals surface area (Å²) in [6.45, 7) is 2.34. The number of carbonyl (C=O) groups excluding carboxylic acids is 2. The SMILES string of the molecule is C[C@@H](OC(=O)Nc1cnnn1-c1ccc(-c2ccc(C3(OC=O)CC3)cc2)cc1)c1ccccc1. The number of amides is 1. The van der Waals surface area contributed by atoms with Gasteiger partial charge in [0.2, 0.25) is 0 Å². The van der Waals surface area contributed by atoms with Gasteiger partial charge in [-0.05, 0) is 54.2 Å². The van der Waals surface area contributed by atoms with Crippen LogP contribution < -0.4 is 5.32 Å². The number of benzene rings is 3. The molecule has 0 bridgehead atoms. The van der Waals surface area contributed by atoms with Crippen molar-refractivity contribution >= 4 is 18.4 Å². The van der Waals surface area contributed by atoms with Gasteiger partial charge in [-0.1, -0.05) is 71.9 Å². The molecule has 0 saturated heterocycles. The van der Waals surface area contributed by atoms with E-state index in [1.807, 2.05) is 85.8 Å². The molecule has 0 spiro atoms. The summed E-state index contributed by atoms with van der Waals surface area (Å²) in [6, 6.07) is 25.3. The number of nitrogens with one attached hydrogen (secondary N) is 1. The first-order valence-corrected chi connectivity index (χ1v) is 11.3. The van der Waals surface area contributed by atoms with Crippen LogP contribution in [0.15, 0.2) is 85.1 Å². The van der Waals surface area contributed by atoms with Crippen LogP contribution in [0.5, 0.6) is 0 Å². The summed E-state index contributed by atoms with van der Waals surface area (Å²) in [5.74, 6) is 0.400. The zero-order valence-electron chi connectivity index (χ0n) is 19.1. The lowest BCUT2D eigenvalue weighted by Crippen LogP contribution is -2.18. The highest BCUT2D eigenvalue weighted by Crippen LogP contribution is 2.49. The van der Waals surface area contributed by atoms with Crippen LogP contribution in [0.2, 0.25) is 0 Å². The highest BCUT2D eigenvalue weighted by Gasteiger charge is 2.46. The van der Waals surface area contributed by atoms with Crippen LogP contribution in [0.3, 0.4) is 0 Å². The van der Waals surface area contributed by atoms with Crippen LogP contribution in [0.4, 0.5) is 10.6 Å². The van der Waals surface area contributed by atoms with Crippen molar-refractivity contribution in [3.63, 3.8) is 0 Å². The molecular weight excluding hydrogens is 444 g/mol. The van der Waals surface area contributed by atoms with Crippen LogP contribution >= 0.6 is 0 Å². The number of nitrogens with zero attached hydrogens (tertiary/aromatic N) is 3. The van der Waals surface area contributed by atoms with Crippen molar-refractivity contribution in [1.82, 2.24) is 15.0 Å². The zero-order chi connectivity index (χ0) is 24.3. The van der Waals surface area contributed by atoms with Crippen molar-refractivity contribution in [3.8, 4) is 16.8 Å². The van der Waals surface area contributed by atoms with E-state index in [9.17, 15) is 9.59 Å². The zero-order valence-corrected chi connectivity index (χ0v) is 19.1. The van der Waals surface area contributed by atoms with E-state index in [1.165, 1.54) is 10.9 Å². The Kier molecular flexibility index (Phi) is 6.01. The molecule has 8 heteroatoms. The van der Waals surface area contributed by atoms with Crippen molar-refractivity contribution < 1.29 is 19.1 Å². The maximum atomic E-state index is 12.4. The van der Waals surface area contributed by atoms with E-state index in [1.54, 1.807) is 0 Å². The smallest absolute Gasteiger partial charge is 0.413 e. The molecule has 35 heavy (non-hydrogen) atoms. The van der Waals surface area contributed by atoms with Gasteiger partial charge in [0.1, 0.15) is 11.7 Å². The van der Waals surface area contributed by atoms with Gasteiger partial charge in [-0.2, -0.15) is 4.68 Å². The lowest BCUT2D eigenvalue weighted by atomic mass is 10.0. The highest BCUT2D eigenvalue weighted by molar-refractivity contribution is 5.83. The number of hydrogen-bond acceptors (Lipinski definition) is 6. The molecule has 176 valence electrons. The predicted molar refractivity (Wildman–Crippen MR) is 130 cm³/mol. The Morgan fingerprint density at radius 2 is 1.66 bits per heavy atom. The van der Waals surface area contributed by atoms with E-state index in [-0.39, 0.29) is 0 Å². The highest BCUT2D eigenvalue weighted by atomic mass is 16.6. The molecule has 5 rings (SSSR count). The normalized spacial score (nSPS) is 14.5. The number of aromatic nitrogens is 3. The second kappa shape index (κ2) is 9.42. The predicted octanol–water partition coefficient (Wildman–Crippen LogP) is 5.41. The van der Waals surface area contributed by atoms with Gasteiger partial charge >= 0.3 is 6.09 Å². The summed E-state index contributed by atoms with van der Waals surface area (Å²) in [7, 11) is 0. The number of rotatable bonds is 8. The molecule has 1 atom stereocenters. The second-order valence-electron chi connectivity index (χ2n) is 8.45. The van der Waals surface area contributed by atoms with Crippen LogP contribution in [0, 0.1) is 0 Å². The maximum absolute atomic E-state index is 12.4. The second-order valence-corrected chi connectivity index (χ2v) is 8.45. The summed E-state index contributed by atoms with van der Waals surface area (Å²) in [4.78, 5) is 23.2. The van der Waals surface area contributed by atoms with E-state index >= 15 is 0 Å². The third-order valence-corrected chi connectivity index (χ3v) is 6.17. The molecule has 3 aromatic carbocycles. The van der Waals surface area contributed by atoms with Crippen molar-refractivity contribution in [2.45, 2.75) is 31.5 Å². The Bertz CT molecular complexity index is 1310. The lowest BCUT2D eigenvalue weighted by Gasteiger charge is -2.15. The Morgan fingerprint density at radius 1 is 1.00 bits per heavy atom. The van der Waals surface area contributed by atoms with Gasteiger partial charge in [-0.15, -0.1) is 5.10 Å². The van der Waals surface area contributed by atoms with E-state index < -0.39 is 17.8 Å². The largest absolute Gasteiger partial charge is 0.456 e. The lowest BCUT2D eigenvalue weighted by molar-refractivity contribution is -0.136. The molecular formula is C27H24N4O4. The van der Waals surface area contributed by atoms with Crippen LogP contribution in [-0.4, -0.2) is 27.6 Å². The first kappa shape index (κ1) is 22.3. The fourth-order valence-corrected chi connectivity index (χ4v) is 4.04. The Morgan fingerprint density at radius 3 is 2.29 bits per heavy atom. The fraction of sp³-hybridized carbons (Fsp3) is 0.185. The monoisotopic (exact) mass is 468 g/mol. The summed E-state index contributed by atoms with van der Waals surface area (Å²) in [5.41, 5.74) is 4.27. The average Bonchev–Trinajstić information content (AvgIpc) is 3.54. The Labute approximate surface area is 202 Å². The van der Waals surface area contributed by atoms with Gasteiger partial charge in [0.15, 0.2) is 5.82 Å². The number of hydrogen-bond donors (Lipinski definition) is 1. The standard InChI is InChI=1S/C27H24N4O4/c1-19(20-5-3-2-4-6-20)35-26(33)29-25-17-28-30-31(25)24-13-9-22(10-14-24)21-7-11-23(12-8-21)27(15-16-27)34-18-32/h2-14,17-19H,15-16H2,1H3,(H,29,33)/t19-/m1/s1. The first-order chi connectivity index (χ1) is 17.1. The van der Waals surface area contributed by atoms with Crippen molar-refractivity contribution in [3.05, 3.63) is 96.2 Å². The van der Waals surface area contributed by atoms with Crippen LogP contribution in [0.25, 0.3) is 16.8 Å². The molecule has 0 aliphatic heterocycles. The number of carbonyl (C=O) groups is 2. The fourth-order valence-electron chi connectivity index (χ4n) is 4.04. The minimum atomic E-state index is -0.589. The molecule has 1 amide bonds. The molecule has 0 radical (unpaired) electrons. The molecule has 1 heterocycles. The molecule has 1 aliphatic rings. The van der Waals surface area contributed by atoms with Gasteiger partial charge in [0.25, 0.3) is 6.47 Å². The number of anilines is 1. The molecule has 0 unspecified atom stereocenters. The van der Waals surface area contributed by atoms with Gasteiger partial charge in [-0.25, -0.2) is 4.79 Å². The minimum Gasteiger partial charge on any atom is -0.456 e. The first-order valence-electron chi connectivity index (χ1n) is 11.3.